The molecule has 2 aromatic carbocycles. The zero-order chi connectivity index (χ0) is 17.4. The molecule has 0 saturated heterocycles. The number of aromatic nitrogens is 3. The number of anilines is 2. The number of nitrogens with one attached hydrogen (secondary N) is 1. The van der Waals surface area contributed by atoms with E-state index >= 15 is 0 Å². The minimum Gasteiger partial charge on any atom is -0.508 e. The molecule has 0 saturated carbocycles. The number of fused-ring (bicyclic) bond motifs is 1. The zero-order valence-corrected chi connectivity index (χ0v) is 14.2. The number of phenols is 1. The fourth-order valence-corrected chi connectivity index (χ4v) is 3.06. The molecular weight excluding hydrogens is 336 g/mol. The van der Waals surface area contributed by atoms with E-state index in [1.54, 1.807) is 18.3 Å². The summed E-state index contributed by atoms with van der Waals surface area (Å²) in [6.07, 6.45) is 3.77. The summed E-state index contributed by atoms with van der Waals surface area (Å²) in [5.74, 6) is 0.555. The lowest BCUT2D eigenvalue weighted by molar-refractivity contribution is 0.475. The summed E-state index contributed by atoms with van der Waals surface area (Å²) in [6, 6.07) is 14.8. The van der Waals surface area contributed by atoms with Gasteiger partial charge in [0.15, 0.2) is 0 Å². The molecule has 0 fully saturated rings. The number of aryl methyl sites for hydroxylation is 1. The van der Waals surface area contributed by atoms with Crippen molar-refractivity contribution in [1.82, 2.24) is 14.5 Å². The van der Waals surface area contributed by atoms with Crippen LogP contribution >= 0.6 is 11.6 Å². The maximum absolute atomic E-state index is 9.45. The average Bonchev–Trinajstić information content (AvgIpc) is 2.95. The van der Waals surface area contributed by atoms with Crippen LogP contribution in [0.25, 0.3) is 22.2 Å². The molecule has 0 unspecified atom stereocenters. The van der Waals surface area contributed by atoms with Gasteiger partial charge in [0.1, 0.15) is 5.75 Å². The van der Waals surface area contributed by atoms with E-state index in [0.717, 1.165) is 22.2 Å². The molecule has 124 valence electrons. The topological polar surface area (TPSA) is 63.0 Å². The summed E-state index contributed by atoms with van der Waals surface area (Å²) < 4.78 is 2.08. The molecule has 0 radical (unpaired) electrons. The number of aromatic hydroxyl groups is 1. The van der Waals surface area contributed by atoms with E-state index in [9.17, 15) is 5.11 Å². The van der Waals surface area contributed by atoms with Gasteiger partial charge in [-0.05, 0) is 24.3 Å². The number of phenolic OH excluding ortho intramolecular Hbond substituents is 1. The summed E-state index contributed by atoms with van der Waals surface area (Å²) in [5, 5.41) is 14.1. The number of para-hydroxylation sites is 1. The largest absolute Gasteiger partial charge is 0.508 e. The third-order valence-electron chi connectivity index (χ3n) is 4.03. The number of rotatable bonds is 3. The van der Waals surface area contributed by atoms with Crippen molar-refractivity contribution in [2.24, 2.45) is 7.05 Å². The summed E-state index contributed by atoms with van der Waals surface area (Å²) in [6.45, 7) is 0. The van der Waals surface area contributed by atoms with E-state index in [1.165, 1.54) is 6.07 Å². The van der Waals surface area contributed by atoms with Crippen LogP contribution < -0.4 is 5.32 Å². The highest BCUT2D eigenvalue weighted by Gasteiger charge is 2.11. The van der Waals surface area contributed by atoms with Crippen LogP contribution in [0.15, 0.2) is 60.9 Å². The van der Waals surface area contributed by atoms with Crippen LogP contribution in [0.3, 0.4) is 0 Å². The van der Waals surface area contributed by atoms with Gasteiger partial charge in [0, 0.05) is 42.0 Å². The van der Waals surface area contributed by atoms with Gasteiger partial charge in [0.2, 0.25) is 5.95 Å². The second kappa shape index (κ2) is 6.11. The Kier molecular flexibility index (Phi) is 3.78. The number of hydrogen-bond acceptors (Lipinski definition) is 4. The predicted octanol–water partition coefficient (Wildman–Crippen LogP) is 4.74. The second-order valence-corrected chi connectivity index (χ2v) is 6.13. The van der Waals surface area contributed by atoms with Crippen molar-refractivity contribution in [3.63, 3.8) is 0 Å². The van der Waals surface area contributed by atoms with Gasteiger partial charge in [-0.1, -0.05) is 29.8 Å². The smallest absolute Gasteiger partial charge is 0.227 e. The molecule has 5 nitrogen and oxygen atoms in total. The number of hydrogen-bond donors (Lipinski definition) is 2. The van der Waals surface area contributed by atoms with Crippen molar-refractivity contribution in [3.05, 3.63) is 65.9 Å². The predicted molar refractivity (Wildman–Crippen MR) is 100 cm³/mol. The summed E-state index contributed by atoms with van der Waals surface area (Å²) >= 11 is 6.14. The summed E-state index contributed by atoms with van der Waals surface area (Å²) in [4.78, 5) is 8.87. The first-order valence-electron chi connectivity index (χ1n) is 7.75. The van der Waals surface area contributed by atoms with Gasteiger partial charge in [0.05, 0.1) is 16.4 Å². The quantitative estimate of drug-likeness (QED) is 0.524. The van der Waals surface area contributed by atoms with E-state index in [2.05, 4.69) is 38.2 Å². The maximum atomic E-state index is 9.45. The third-order valence-corrected chi connectivity index (χ3v) is 4.34. The Bertz CT molecular complexity index is 1070. The molecular formula is C19H15ClN4O. The molecule has 2 N–H and O–H groups in total. The molecule has 2 aromatic heterocycles. The molecule has 0 spiro atoms. The first-order chi connectivity index (χ1) is 12.1. The SMILES string of the molecule is Cn1cc(-c2ccnc(Nc3ccc(O)cc3Cl)n2)c2ccccc21. The molecule has 4 aromatic rings. The normalized spacial score (nSPS) is 11.0. The van der Waals surface area contributed by atoms with Crippen molar-refractivity contribution < 1.29 is 5.11 Å². The highest BCUT2D eigenvalue weighted by atomic mass is 35.5. The monoisotopic (exact) mass is 350 g/mol. The van der Waals surface area contributed by atoms with Crippen molar-refractivity contribution in [2.45, 2.75) is 0 Å². The Morgan fingerprint density at radius 1 is 1.12 bits per heavy atom. The Hall–Kier alpha value is -3.05. The van der Waals surface area contributed by atoms with Crippen molar-refractivity contribution in [1.29, 1.82) is 0 Å². The second-order valence-electron chi connectivity index (χ2n) is 5.73. The van der Waals surface area contributed by atoms with Gasteiger partial charge in [-0.25, -0.2) is 9.97 Å². The van der Waals surface area contributed by atoms with E-state index < -0.39 is 0 Å². The van der Waals surface area contributed by atoms with Crippen LogP contribution in [0, 0.1) is 0 Å². The van der Waals surface area contributed by atoms with Crippen molar-refractivity contribution >= 4 is 34.1 Å². The summed E-state index contributed by atoms with van der Waals surface area (Å²) in [7, 11) is 2.02. The van der Waals surface area contributed by atoms with Gasteiger partial charge in [-0.15, -0.1) is 0 Å². The van der Waals surface area contributed by atoms with Crippen molar-refractivity contribution in [3.8, 4) is 17.0 Å². The van der Waals surface area contributed by atoms with Gasteiger partial charge in [-0.3, -0.25) is 0 Å². The highest BCUT2D eigenvalue weighted by molar-refractivity contribution is 6.33. The molecule has 0 bridgehead atoms. The molecule has 0 atom stereocenters. The van der Waals surface area contributed by atoms with Crippen LogP contribution in [0.2, 0.25) is 5.02 Å². The Labute approximate surface area is 149 Å². The van der Waals surface area contributed by atoms with Crippen LogP contribution in [0.1, 0.15) is 0 Å². The van der Waals surface area contributed by atoms with Crippen LogP contribution in [-0.4, -0.2) is 19.6 Å². The fraction of sp³-hybridized carbons (Fsp3) is 0.0526. The molecule has 0 amide bonds. The average molecular weight is 351 g/mol. The Balaban J connectivity index is 1.74. The lowest BCUT2D eigenvalue weighted by atomic mass is 10.1. The van der Waals surface area contributed by atoms with Gasteiger partial charge in [0.25, 0.3) is 0 Å². The number of benzene rings is 2. The zero-order valence-electron chi connectivity index (χ0n) is 13.4. The lowest BCUT2D eigenvalue weighted by Gasteiger charge is -2.08. The van der Waals surface area contributed by atoms with Crippen LogP contribution in [-0.2, 0) is 7.05 Å². The molecule has 0 aliphatic heterocycles. The molecule has 0 aliphatic carbocycles. The Morgan fingerprint density at radius 3 is 2.80 bits per heavy atom. The van der Waals surface area contributed by atoms with Gasteiger partial charge >= 0.3 is 0 Å². The van der Waals surface area contributed by atoms with Gasteiger partial charge in [-0.2, -0.15) is 0 Å². The van der Waals surface area contributed by atoms with Crippen LogP contribution in [0.5, 0.6) is 5.75 Å². The minimum absolute atomic E-state index is 0.112. The van der Waals surface area contributed by atoms with E-state index in [4.69, 9.17) is 11.6 Å². The van der Waals surface area contributed by atoms with E-state index in [0.29, 0.717) is 16.7 Å². The first kappa shape index (κ1) is 15.5. The van der Waals surface area contributed by atoms with E-state index in [1.807, 2.05) is 25.2 Å². The molecule has 4 rings (SSSR count). The molecule has 2 heterocycles. The lowest BCUT2D eigenvalue weighted by Crippen LogP contribution is -1.98. The number of nitrogens with zero attached hydrogens (tertiary/aromatic N) is 3. The Morgan fingerprint density at radius 2 is 1.96 bits per heavy atom. The first-order valence-corrected chi connectivity index (χ1v) is 8.12. The van der Waals surface area contributed by atoms with Gasteiger partial charge < -0.3 is 15.0 Å². The standard InChI is InChI=1S/C19H15ClN4O/c1-24-11-14(13-4-2-3-5-18(13)24)16-8-9-21-19(22-16)23-17-7-6-12(25)10-15(17)20/h2-11,25H,1H3,(H,21,22,23). The third kappa shape index (κ3) is 2.90. The van der Waals surface area contributed by atoms with Crippen LogP contribution in [0.4, 0.5) is 11.6 Å². The molecule has 25 heavy (non-hydrogen) atoms. The molecule has 6 heteroatoms. The summed E-state index contributed by atoms with van der Waals surface area (Å²) in [5.41, 5.74) is 3.64. The van der Waals surface area contributed by atoms with Crippen molar-refractivity contribution in [2.75, 3.05) is 5.32 Å². The van der Waals surface area contributed by atoms with E-state index in [-0.39, 0.29) is 5.75 Å². The molecule has 0 aliphatic rings. The highest BCUT2D eigenvalue weighted by Crippen LogP contribution is 2.31. The number of halogens is 1. The minimum atomic E-state index is 0.112. The maximum Gasteiger partial charge on any atom is 0.227 e. The fourth-order valence-electron chi connectivity index (χ4n) is 2.84.